The minimum atomic E-state index is -1.32. The van der Waals surface area contributed by atoms with Crippen molar-refractivity contribution in [3.05, 3.63) is 75.6 Å². The first-order valence-electron chi connectivity index (χ1n) is 16.9. The lowest BCUT2D eigenvalue weighted by Crippen LogP contribution is -2.54. The van der Waals surface area contributed by atoms with Gasteiger partial charge in [-0.25, -0.2) is 0 Å². The normalized spacial score (nSPS) is 14.4. The Kier molecular flexibility index (Phi) is 13.7. The standard InChI is InChI=1S/C36H46N6O9/c1-22(2)17-26(39-29(43)11-12-42-13-15-51-16-14-42)34(48)40-27(19-23-7-5-4-6-8-23)33(47)37-20-24-9-10-28-25(18-24)32(46)31(36(50)41(28)3)35(49)38-21-30(44)45/h4-10,18,22,26-27,46H,11-17,19-21H2,1-3H3,(H,37,47)(H,38,49)(H,39,43)(H,40,48)(H,44,45)/t26-,27-/m0/s1. The van der Waals surface area contributed by atoms with Crippen molar-refractivity contribution in [1.29, 1.82) is 0 Å². The zero-order chi connectivity index (χ0) is 37.1. The number of benzene rings is 2. The average molecular weight is 707 g/mol. The highest BCUT2D eigenvalue weighted by molar-refractivity contribution is 6.03. The number of carbonyl (C=O) groups excluding carboxylic acids is 4. The van der Waals surface area contributed by atoms with Crippen molar-refractivity contribution in [2.45, 2.75) is 51.7 Å². The Balaban J connectivity index is 1.50. The number of nitrogens with one attached hydrogen (secondary N) is 4. The number of hydrogen-bond acceptors (Lipinski definition) is 9. The molecular formula is C36H46N6O9. The van der Waals surface area contributed by atoms with Gasteiger partial charge >= 0.3 is 5.97 Å². The number of pyridine rings is 1. The zero-order valence-corrected chi connectivity index (χ0v) is 29.1. The van der Waals surface area contributed by atoms with E-state index in [0.29, 0.717) is 37.3 Å². The van der Waals surface area contributed by atoms with Crippen molar-refractivity contribution in [2.24, 2.45) is 13.0 Å². The summed E-state index contributed by atoms with van der Waals surface area (Å²) in [6.45, 7) is 6.37. The molecule has 0 saturated carbocycles. The largest absolute Gasteiger partial charge is 0.506 e. The summed E-state index contributed by atoms with van der Waals surface area (Å²) in [4.78, 5) is 78.7. The van der Waals surface area contributed by atoms with E-state index in [1.54, 1.807) is 12.1 Å². The van der Waals surface area contributed by atoms with Gasteiger partial charge in [0.05, 0.1) is 18.7 Å². The maximum atomic E-state index is 13.7. The van der Waals surface area contributed by atoms with Crippen molar-refractivity contribution in [1.82, 2.24) is 30.7 Å². The van der Waals surface area contributed by atoms with Gasteiger partial charge in [-0.1, -0.05) is 50.2 Å². The van der Waals surface area contributed by atoms with Crippen molar-refractivity contribution in [3.8, 4) is 5.75 Å². The van der Waals surface area contributed by atoms with Gasteiger partial charge in [0.2, 0.25) is 17.7 Å². The molecule has 1 fully saturated rings. The van der Waals surface area contributed by atoms with Crippen LogP contribution in [0.5, 0.6) is 5.75 Å². The van der Waals surface area contributed by atoms with Crippen LogP contribution in [0.2, 0.25) is 0 Å². The molecule has 1 aromatic heterocycles. The Labute approximate surface area is 295 Å². The molecule has 3 aromatic rings. The van der Waals surface area contributed by atoms with Crippen LogP contribution in [0.1, 0.15) is 48.2 Å². The molecule has 1 aliphatic heterocycles. The molecule has 0 aliphatic carbocycles. The summed E-state index contributed by atoms with van der Waals surface area (Å²) in [5.74, 6) is -4.14. The van der Waals surface area contributed by atoms with Gasteiger partial charge in [0.15, 0.2) is 0 Å². The SMILES string of the molecule is CC(C)C[C@H](NC(=O)CCN1CCOCC1)C(=O)N[C@@H](Cc1ccccc1)C(=O)NCc1ccc2c(c1)c(O)c(C(=O)NCC(=O)O)c(=O)n2C. The fourth-order valence-electron chi connectivity index (χ4n) is 5.83. The van der Waals surface area contributed by atoms with Crippen molar-refractivity contribution >= 4 is 40.5 Å². The number of hydrogen-bond donors (Lipinski definition) is 6. The first-order valence-corrected chi connectivity index (χ1v) is 16.9. The van der Waals surface area contributed by atoms with Crippen LogP contribution in [0, 0.1) is 5.92 Å². The second-order valence-corrected chi connectivity index (χ2v) is 12.9. The second-order valence-electron chi connectivity index (χ2n) is 12.9. The number of ether oxygens (including phenoxy) is 1. The van der Waals surface area contributed by atoms with Crippen molar-refractivity contribution in [3.63, 3.8) is 0 Å². The summed E-state index contributed by atoms with van der Waals surface area (Å²) in [5, 5.41) is 30.6. The van der Waals surface area contributed by atoms with E-state index in [1.165, 1.54) is 13.1 Å². The van der Waals surface area contributed by atoms with E-state index in [9.17, 15) is 33.9 Å². The third-order valence-corrected chi connectivity index (χ3v) is 8.56. The highest BCUT2D eigenvalue weighted by Gasteiger charge is 2.28. The zero-order valence-electron chi connectivity index (χ0n) is 29.1. The molecule has 2 heterocycles. The smallest absolute Gasteiger partial charge is 0.322 e. The number of fused-ring (bicyclic) bond motifs is 1. The van der Waals surface area contributed by atoms with Gasteiger partial charge in [0, 0.05) is 51.5 Å². The molecule has 4 rings (SSSR count). The van der Waals surface area contributed by atoms with Crippen LogP contribution < -0.4 is 26.8 Å². The first kappa shape index (κ1) is 38.5. The minimum Gasteiger partial charge on any atom is -0.506 e. The van der Waals surface area contributed by atoms with E-state index >= 15 is 0 Å². The molecule has 0 radical (unpaired) electrons. The summed E-state index contributed by atoms with van der Waals surface area (Å²) < 4.78 is 6.53. The van der Waals surface area contributed by atoms with E-state index in [0.717, 1.165) is 23.2 Å². The fourth-order valence-corrected chi connectivity index (χ4v) is 5.83. The predicted octanol–water partition coefficient (Wildman–Crippen LogP) is 0.655. The minimum absolute atomic E-state index is 0.0353. The molecule has 15 heteroatoms. The van der Waals surface area contributed by atoms with Gasteiger partial charge in [-0.2, -0.15) is 0 Å². The van der Waals surface area contributed by atoms with E-state index in [1.807, 2.05) is 44.2 Å². The highest BCUT2D eigenvalue weighted by atomic mass is 16.5. The topological polar surface area (TPSA) is 208 Å². The number of morpholine rings is 1. The predicted molar refractivity (Wildman–Crippen MR) is 188 cm³/mol. The van der Waals surface area contributed by atoms with Crippen LogP contribution in [0.15, 0.2) is 53.3 Å². The fraction of sp³-hybridized carbons (Fsp3) is 0.444. The third-order valence-electron chi connectivity index (χ3n) is 8.56. The highest BCUT2D eigenvalue weighted by Crippen LogP contribution is 2.27. The number of nitrogens with zero attached hydrogens (tertiary/aromatic N) is 2. The lowest BCUT2D eigenvalue weighted by Gasteiger charge is -2.27. The second kappa shape index (κ2) is 18.1. The van der Waals surface area contributed by atoms with Gasteiger partial charge in [-0.05, 0) is 35.6 Å². The molecule has 274 valence electrons. The number of aliphatic carboxylic acids is 1. The molecule has 0 bridgehead atoms. The lowest BCUT2D eigenvalue weighted by molar-refractivity contribution is -0.135. The van der Waals surface area contributed by atoms with Crippen LogP contribution in [0.25, 0.3) is 10.9 Å². The Morgan fingerprint density at radius 3 is 2.27 bits per heavy atom. The maximum Gasteiger partial charge on any atom is 0.322 e. The van der Waals surface area contributed by atoms with Crippen LogP contribution in [-0.2, 0) is 43.9 Å². The van der Waals surface area contributed by atoms with Crippen molar-refractivity contribution < 1.29 is 38.9 Å². The maximum absolute atomic E-state index is 13.7. The average Bonchev–Trinajstić information content (AvgIpc) is 3.11. The van der Waals surface area contributed by atoms with Gasteiger partial charge in [0.1, 0.15) is 29.9 Å². The Hall–Kier alpha value is -5.28. The molecular weight excluding hydrogens is 660 g/mol. The van der Waals surface area contributed by atoms with Crippen LogP contribution in [-0.4, -0.2) is 101 Å². The molecule has 51 heavy (non-hydrogen) atoms. The number of aryl methyl sites for hydroxylation is 1. The molecule has 2 atom stereocenters. The van der Waals surface area contributed by atoms with Gasteiger partial charge in [0.25, 0.3) is 11.5 Å². The third kappa shape index (κ3) is 10.9. The number of aromatic nitrogens is 1. The molecule has 0 spiro atoms. The summed E-state index contributed by atoms with van der Waals surface area (Å²) in [6.07, 6.45) is 0.765. The Morgan fingerprint density at radius 2 is 1.61 bits per heavy atom. The molecule has 2 aromatic carbocycles. The van der Waals surface area contributed by atoms with Crippen molar-refractivity contribution in [2.75, 3.05) is 39.4 Å². The summed E-state index contributed by atoms with van der Waals surface area (Å²) in [6, 6.07) is 12.0. The Morgan fingerprint density at radius 1 is 0.902 bits per heavy atom. The summed E-state index contributed by atoms with van der Waals surface area (Å²) >= 11 is 0. The molecule has 4 amide bonds. The molecule has 6 N–H and O–H groups in total. The van der Waals surface area contributed by atoms with Crippen LogP contribution >= 0.6 is 0 Å². The number of carboxylic acids is 1. The van der Waals surface area contributed by atoms with Crippen LogP contribution in [0.3, 0.4) is 0 Å². The molecule has 15 nitrogen and oxygen atoms in total. The summed E-state index contributed by atoms with van der Waals surface area (Å²) in [7, 11) is 1.41. The monoisotopic (exact) mass is 706 g/mol. The van der Waals surface area contributed by atoms with E-state index in [-0.39, 0.29) is 36.6 Å². The van der Waals surface area contributed by atoms with E-state index < -0.39 is 59.2 Å². The van der Waals surface area contributed by atoms with E-state index in [2.05, 4.69) is 26.2 Å². The van der Waals surface area contributed by atoms with Gasteiger partial charge < -0.3 is 40.8 Å². The van der Waals surface area contributed by atoms with E-state index in [4.69, 9.17) is 9.84 Å². The molecule has 0 unspecified atom stereocenters. The first-order chi connectivity index (χ1) is 24.3. The molecule has 1 aliphatic rings. The number of amides is 4. The quantitative estimate of drug-likeness (QED) is 0.123. The Bertz CT molecular complexity index is 1790. The molecule has 1 saturated heterocycles. The van der Waals surface area contributed by atoms with Gasteiger partial charge in [-0.15, -0.1) is 0 Å². The number of aromatic hydroxyl groups is 1. The number of carbonyl (C=O) groups is 5. The lowest BCUT2D eigenvalue weighted by atomic mass is 10.0. The van der Waals surface area contributed by atoms with Gasteiger partial charge in [-0.3, -0.25) is 33.7 Å². The summed E-state index contributed by atoms with van der Waals surface area (Å²) in [5.41, 5.74) is 0.198. The number of carboxylic acid groups (broad SMARTS) is 1. The number of rotatable bonds is 16. The van der Waals surface area contributed by atoms with Crippen LogP contribution in [0.4, 0.5) is 0 Å².